The van der Waals surface area contributed by atoms with Crippen molar-refractivity contribution < 1.29 is 14.6 Å². The molecule has 0 aliphatic heterocycles. The monoisotopic (exact) mass is 231 g/mol. The molecular weight excluding hydrogens is 218 g/mol. The van der Waals surface area contributed by atoms with Crippen LogP contribution in [0.1, 0.15) is 22.3 Å². The molecule has 0 saturated carbocycles. The van der Waals surface area contributed by atoms with Gasteiger partial charge >= 0.3 is 5.97 Å². The zero-order valence-corrected chi connectivity index (χ0v) is 9.94. The van der Waals surface area contributed by atoms with Crippen LogP contribution in [0.2, 0.25) is 0 Å². The van der Waals surface area contributed by atoms with E-state index in [0.29, 0.717) is 16.9 Å². The Labute approximate surface area is 99.8 Å². The minimum absolute atomic E-state index is 0.435. The van der Waals surface area contributed by atoms with E-state index in [2.05, 4.69) is 6.07 Å². The number of hydrogen-bond donors (Lipinski definition) is 1. The summed E-state index contributed by atoms with van der Waals surface area (Å²) in [4.78, 5) is 10.5. The van der Waals surface area contributed by atoms with Crippen LogP contribution < -0.4 is 4.74 Å². The first-order valence-electron chi connectivity index (χ1n) is 5.00. The smallest absolute Gasteiger partial charge is 0.328 e. The molecule has 0 aliphatic rings. The number of carboxylic acids is 1. The molecule has 0 amide bonds. The van der Waals surface area contributed by atoms with Gasteiger partial charge in [0.25, 0.3) is 0 Å². The summed E-state index contributed by atoms with van der Waals surface area (Å²) >= 11 is 0. The number of aryl methyl sites for hydroxylation is 1. The molecule has 1 rings (SSSR count). The maximum atomic E-state index is 10.5. The molecule has 1 aromatic carbocycles. The first kappa shape index (κ1) is 12.8. The second-order valence-corrected chi connectivity index (χ2v) is 3.60. The lowest BCUT2D eigenvalue weighted by Crippen LogP contribution is -1.97. The van der Waals surface area contributed by atoms with E-state index >= 15 is 0 Å². The van der Waals surface area contributed by atoms with Crippen LogP contribution in [0.4, 0.5) is 0 Å². The molecule has 0 spiro atoms. The lowest BCUT2D eigenvalue weighted by atomic mass is 9.98. The van der Waals surface area contributed by atoms with Gasteiger partial charge in [-0.25, -0.2) is 4.79 Å². The fourth-order valence-corrected chi connectivity index (χ4v) is 1.75. The molecule has 0 radical (unpaired) electrons. The van der Waals surface area contributed by atoms with Gasteiger partial charge < -0.3 is 9.84 Å². The van der Waals surface area contributed by atoms with Crippen LogP contribution in [0.15, 0.2) is 12.1 Å². The summed E-state index contributed by atoms with van der Waals surface area (Å²) in [6.07, 6.45) is 2.43. The molecule has 88 valence electrons. The van der Waals surface area contributed by atoms with Crippen molar-refractivity contribution in [2.75, 3.05) is 7.11 Å². The predicted octanol–water partition coefficient (Wildman–Crippen LogP) is 2.28. The number of hydrogen-bond acceptors (Lipinski definition) is 3. The zero-order valence-electron chi connectivity index (χ0n) is 9.94. The summed E-state index contributed by atoms with van der Waals surface area (Å²) in [6, 6.07) is 3.81. The van der Waals surface area contributed by atoms with E-state index in [9.17, 15) is 4.79 Å². The number of carbonyl (C=O) groups is 1. The van der Waals surface area contributed by atoms with Crippen molar-refractivity contribution in [2.24, 2.45) is 0 Å². The Morgan fingerprint density at radius 1 is 1.53 bits per heavy atom. The van der Waals surface area contributed by atoms with Crippen LogP contribution in [0, 0.1) is 25.2 Å². The predicted molar refractivity (Wildman–Crippen MR) is 63.9 cm³/mol. The summed E-state index contributed by atoms with van der Waals surface area (Å²) in [5, 5.41) is 17.7. The fraction of sp³-hybridized carbons (Fsp3) is 0.231. The van der Waals surface area contributed by atoms with Gasteiger partial charge in [0, 0.05) is 11.6 Å². The lowest BCUT2D eigenvalue weighted by Gasteiger charge is -2.12. The van der Waals surface area contributed by atoms with E-state index < -0.39 is 5.97 Å². The van der Waals surface area contributed by atoms with Crippen LogP contribution in [-0.2, 0) is 4.79 Å². The third-order valence-corrected chi connectivity index (χ3v) is 2.46. The van der Waals surface area contributed by atoms with E-state index in [1.165, 1.54) is 6.08 Å². The van der Waals surface area contributed by atoms with Gasteiger partial charge in [0.05, 0.1) is 12.7 Å². The summed E-state index contributed by atoms with van der Waals surface area (Å²) in [5.74, 6) is -0.381. The average molecular weight is 231 g/mol. The van der Waals surface area contributed by atoms with E-state index in [4.69, 9.17) is 15.1 Å². The van der Waals surface area contributed by atoms with Crippen molar-refractivity contribution in [3.63, 3.8) is 0 Å². The Balaban J connectivity index is 3.43. The van der Waals surface area contributed by atoms with Gasteiger partial charge in [0.2, 0.25) is 0 Å². The van der Waals surface area contributed by atoms with Gasteiger partial charge in [-0.15, -0.1) is 0 Å². The van der Waals surface area contributed by atoms with E-state index in [1.807, 2.05) is 6.92 Å². The third-order valence-electron chi connectivity index (χ3n) is 2.46. The van der Waals surface area contributed by atoms with Crippen LogP contribution in [0.3, 0.4) is 0 Å². The number of nitriles is 1. The minimum Gasteiger partial charge on any atom is -0.496 e. The third kappa shape index (κ3) is 2.64. The zero-order chi connectivity index (χ0) is 13.0. The SMILES string of the molecule is COc1c(C)cc(/C=C/C(=O)O)c(C#N)c1C. The molecule has 0 fully saturated rings. The molecule has 0 aliphatic carbocycles. The average Bonchev–Trinajstić information content (AvgIpc) is 2.26. The summed E-state index contributed by atoms with van der Waals surface area (Å²) < 4.78 is 5.21. The van der Waals surface area contributed by atoms with Crippen LogP contribution in [0.25, 0.3) is 6.08 Å². The largest absolute Gasteiger partial charge is 0.496 e. The minimum atomic E-state index is -1.04. The van der Waals surface area contributed by atoms with Crippen molar-refractivity contribution in [2.45, 2.75) is 13.8 Å². The normalized spacial score (nSPS) is 10.2. The Morgan fingerprint density at radius 3 is 2.65 bits per heavy atom. The number of methoxy groups -OCH3 is 1. The van der Waals surface area contributed by atoms with Crippen molar-refractivity contribution in [1.82, 2.24) is 0 Å². The van der Waals surface area contributed by atoms with Gasteiger partial charge in [-0.3, -0.25) is 0 Å². The Kier molecular flexibility index (Phi) is 3.89. The summed E-state index contributed by atoms with van der Waals surface area (Å²) in [6.45, 7) is 3.63. The number of ether oxygens (including phenoxy) is 1. The highest BCUT2D eigenvalue weighted by atomic mass is 16.5. The molecule has 4 heteroatoms. The Bertz CT molecular complexity index is 524. The van der Waals surface area contributed by atoms with E-state index in [1.54, 1.807) is 20.1 Å². The van der Waals surface area contributed by atoms with Gasteiger partial charge in [-0.2, -0.15) is 5.26 Å². The van der Waals surface area contributed by atoms with Crippen LogP contribution >= 0.6 is 0 Å². The number of nitrogens with zero attached hydrogens (tertiary/aromatic N) is 1. The maximum absolute atomic E-state index is 10.5. The molecule has 0 heterocycles. The topological polar surface area (TPSA) is 70.3 Å². The maximum Gasteiger partial charge on any atom is 0.328 e. The van der Waals surface area contributed by atoms with Gasteiger partial charge in [0.15, 0.2) is 0 Å². The number of carboxylic acid groups (broad SMARTS) is 1. The van der Waals surface area contributed by atoms with E-state index in [0.717, 1.165) is 17.2 Å². The van der Waals surface area contributed by atoms with Crippen LogP contribution in [-0.4, -0.2) is 18.2 Å². The molecule has 0 unspecified atom stereocenters. The second-order valence-electron chi connectivity index (χ2n) is 3.60. The molecule has 17 heavy (non-hydrogen) atoms. The quantitative estimate of drug-likeness (QED) is 0.810. The lowest BCUT2D eigenvalue weighted by molar-refractivity contribution is -0.131. The molecular formula is C13H13NO3. The summed E-state index contributed by atoms with van der Waals surface area (Å²) in [5.41, 5.74) is 2.62. The standard InChI is InChI=1S/C13H13NO3/c1-8-6-10(4-5-12(15)16)11(7-14)9(2)13(8)17-3/h4-6H,1-3H3,(H,15,16)/b5-4+. The van der Waals surface area contributed by atoms with Crippen molar-refractivity contribution in [1.29, 1.82) is 5.26 Å². The highest BCUT2D eigenvalue weighted by Crippen LogP contribution is 2.29. The molecule has 0 atom stereocenters. The number of rotatable bonds is 3. The molecule has 0 saturated heterocycles. The van der Waals surface area contributed by atoms with Crippen molar-refractivity contribution in [3.8, 4) is 11.8 Å². The van der Waals surface area contributed by atoms with Crippen molar-refractivity contribution >= 4 is 12.0 Å². The molecule has 1 aromatic rings. The molecule has 0 bridgehead atoms. The molecule has 0 aromatic heterocycles. The van der Waals surface area contributed by atoms with Crippen LogP contribution in [0.5, 0.6) is 5.75 Å². The van der Waals surface area contributed by atoms with Crippen molar-refractivity contribution in [3.05, 3.63) is 34.4 Å². The Hall–Kier alpha value is -2.28. The summed E-state index contributed by atoms with van der Waals surface area (Å²) in [7, 11) is 1.54. The highest BCUT2D eigenvalue weighted by Gasteiger charge is 2.11. The highest BCUT2D eigenvalue weighted by molar-refractivity contribution is 5.86. The Morgan fingerprint density at radius 2 is 2.18 bits per heavy atom. The number of aliphatic carboxylic acids is 1. The molecule has 1 N–H and O–H groups in total. The fourth-order valence-electron chi connectivity index (χ4n) is 1.75. The second kappa shape index (κ2) is 5.17. The van der Waals surface area contributed by atoms with E-state index in [-0.39, 0.29) is 0 Å². The molecule has 4 nitrogen and oxygen atoms in total. The number of benzene rings is 1. The first-order valence-corrected chi connectivity index (χ1v) is 5.00. The van der Waals surface area contributed by atoms with Gasteiger partial charge in [0.1, 0.15) is 11.8 Å². The first-order chi connectivity index (χ1) is 8.01. The van der Waals surface area contributed by atoms with Gasteiger partial charge in [-0.05, 0) is 37.1 Å². The van der Waals surface area contributed by atoms with Gasteiger partial charge in [-0.1, -0.05) is 0 Å².